The molecular weight excluding hydrogens is 354 g/mol. The third-order valence-corrected chi connectivity index (χ3v) is 4.78. The van der Waals surface area contributed by atoms with Crippen LogP contribution in [0, 0.1) is 11.7 Å². The summed E-state index contributed by atoms with van der Waals surface area (Å²) in [6, 6.07) is 4.62. The highest BCUT2D eigenvalue weighted by molar-refractivity contribution is 6.30. The number of amides is 1. The van der Waals surface area contributed by atoms with Gasteiger partial charge in [-0.3, -0.25) is 4.79 Å². The average molecular weight is 377 g/mol. The highest BCUT2D eigenvalue weighted by Gasteiger charge is 2.26. The van der Waals surface area contributed by atoms with Gasteiger partial charge in [0, 0.05) is 25.2 Å². The van der Waals surface area contributed by atoms with Crippen LogP contribution in [-0.2, 0) is 4.79 Å². The summed E-state index contributed by atoms with van der Waals surface area (Å²) in [6.45, 7) is 2.60. The van der Waals surface area contributed by atoms with E-state index in [0.29, 0.717) is 11.8 Å². The fourth-order valence-corrected chi connectivity index (χ4v) is 2.96. The molecule has 0 aromatic heterocycles. The Labute approximate surface area is 153 Å². The zero-order valence-corrected chi connectivity index (χ0v) is 15.0. The highest BCUT2D eigenvalue weighted by Crippen LogP contribution is 2.28. The van der Waals surface area contributed by atoms with Crippen LogP contribution in [0.3, 0.4) is 0 Å². The third-order valence-electron chi connectivity index (χ3n) is 4.49. The van der Waals surface area contributed by atoms with E-state index in [4.69, 9.17) is 16.3 Å². The molecule has 0 spiro atoms. The lowest BCUT2D eigenvalue weighted by Crippen LogP contribution is -2.46. The van der Waals surface area contributed by atoms with Crippen molar-refractivity contribution in [3.8, 4) is 5.75 Å². The maximum absolute atomic E-state index is 13.1. The van der Waals surface area contributed by atoms with Gasteiger partial charge in [0.2, 0.25) is 0 Å². The molecule has 0 radical (unpaired) electrons. The Balaban J connectivity index is 0.00000208. The van der Waals surface area contributed by atoms with Gasteiger partial charge < -0.3 is 15.0 Å². The van der Waals surface area contributed by atoms with Crippen LogP contribution in [0.15, 0.2) is 18.2 Å². The fourth-order valence-electron chi connectivity index (χ4n) is 2.79. The molecule has 3 rings (SSSR count). The van der Waals surface area contributed by atoms with E-state index < -0.39 is 5.82 Å². The number of halogens is 3. The van der Waals surface area contributed by atoms with Crippen LogP contribution in [-0.4, -0.2) is 43.1 Å². The fraction of sp³-hybridized carbons (Fsp3) is 0.588. The number of nitrogens with one attached hydrogen (secondary N) is 1. The average Bonchev–Trinajstić information content (AvgIpc) is 3.38. The molecule has 0 atom stereocenters. The van der Waals surface area contributed by atoms with Crippen LogP contribution < -0.4 is 10.1 Å². The molecule has 1 saturated heterocycles. The Kier molecular flexibility index (Phi) is 7.14. The van der Waals surface area contributed by atoms with E-state index >= 15 is 0 Å². The number of carbonyl (C=O) groups is 1. The van der Waals surface area contributed by atoms with Crippen molar-refractivity contribution in [1.82, 2.24) is 10.2 Å². The number of rotatable bonds is 6. The third kappa shape index (κ3) is 5.50. The largest absolute Gasteiger partial charge is 0.484 e. The lowest BCUT2D eigenvalue weighted by Gasteiger charge is -2.32. The Bertz CT molecular complexity index is 562. The van der Waals surface area contributed by atoms with Crippen molar-refractivity contribution in [2.75, 3.05) is 26.2 Å². The van der Waals surface area contributed by atoms with Gasteiger partial charge in [-0.25, -0.2) is 4.39 Å². The van der Waals surface area contributed by atoms with E-state index in [1.807, 2.05) is 4.90 Å². The molecule has 1 aromatic rings. The van der Waals surface area contributed by atoms with E-state index in [1.165, 1.54) is 31.0 Å². The van der Waals surface area contributed by atoms with E-state index in [2.05, 4.69) is 5.32 Å². The van der Waals surface area contributed by atoms with Gasteiger partial charge in [0.1, 0.15) is 11.6 Å². The van der Waals surface area contributed by atoms with E-state index in [0.717, 1.165) is 38.4 Å². The lowest BCUT2D eigenvalue weighted by molar-refractivity contribution is -0.134. The van der Waals surface area contributed by atoms with Crippen LogP contribution in [0.1, 0.15) is 25.7 Å². The Morgan fingerprint density at radius 2 is 2.00 bits per heavy atom. The number of nitrogens with zero attached hydrogens (tertiary/aromatic N) is 1. The molecule has 1 aliphatic heterocycles. The summed E-state index contributed by atoms with van der Waals surface area (Å²) in [4.78, 5) is 14.0. The van der Waals surface area contributed by atoms with Crippen LogP contribution >= 0.6 is 24.0 Å². The molecule has 7 heteroatoms. The van der Waals surface area contributed by atoms with Crippen LogP contribution in [0.5, 0.6) is 5.75 Å². The molecule has 134 valence electrons. The van der Waals surface area contributed by atoms with Crippen LogP contribution in [0.4, 0.5) is 4.39 Å². The summed E-state index contributed by atoms with van der Waals surface area (Å²) < 4.78 is 18.5. The number of piperidine rings is 1. The molecule has 2 aliphatic rings. The van der Waals surface area contributed by atoms with Gasteiger partial charge in [0.05, 0.1) is 5.02 Å². The normalized spacial score (nSPS) is 18.2. The molecule has 1 amide bonds. The number of hydrogen-bond acceptors (Lipinski definition) is 3. The minimum atomic E-state index is -0.494. The molecule has 4 nitrogen and oxygen atoms in total. The summed E-state index contributed by atoms with van der Waals surface area (Å²) in [5, 5.41) is 3.59. The van der Waals surface area contributed by atoms with E-state index in [9.17, 15) is 9.18 Å². The van der Waals surface area contributed by atoms with Gasteiger partial charge in [0.25, 0.3) is 5.91 Å². The number of ether oxygens (including phenoxy) is 1. The molecule has 1 saturated carbocycles. The van der Waals surface area contributed by atoms with Gasteiger partial charge in [-0.15, -0.1) is 12.4 Å². The Hall–Kier alpha value is -1.04. The monoisotopic (exact) mass is 376 g/mol. The Morgan fingerprint density at radius 1 is 1.29 bits per heavy atom. The van der Waals surface area contributed by atoms with Gasteiger partial charge >= 0.3 is 0 Å². The van der Waals surface area contributed by atoms with Crippen LogP contribution in [0.2, 0.25) is 5.02 Å². The van der Waals surface area contributed by atoms with Crippen molar-refractivity contribution in [3.63, 3.8) is 0 Å². The molecule has 1 aliphatic carbocycles. The van der Waals surface area contributed by atoms with Crippen molar-refractivity contribution < 1.29 is 13.9 Å². The first kappa shape index (κ1) is 19.3. The standard InChI is InChI=1S/C17H22ClFN2O2.ClH/c18-15-9-14(3-4-16(15)19)23-11-17(22)21-7-5-13(6-8-21)20-10-12-1-2-12;/h3-4,9,12-13,20H,1-2,5-8,10-11H2;1H. The molecule has 2 fully saturated rings. The number of likely N-dealkylation sites (tertiary alicyclic amines) is 1. The van der Waals surface area contributed by atoms with Crippen molar-refractivity contribution in [3.05, 3.63) is 29.0 Å². The smallest absolute Gasteiger partial charge is 0.260 e. The summed E-state index contributed by atoms with van der Waals surface area (Å²) >= 11 is 5.69. The van der Waals surface area contributed by atoms with Gasteiger partial charge in [-0.2, -0.15) is 0 Å². The van der Waals surface area contributed by atoms with Gasteiger partial charge in [-0.05, 0) is 50.3 Å². The molecule has 1 aromatic carbocycles. The minimum absolute atomic E-state index is 0. The first-order valence-corrected chi connectivity index (χ1v) is 8.58. The zero-order chi connectivity index (χ0) is 16.2. The summed E-state index contributed by atoms with van der Waals surface area (Å²) in [6.07, 6.45) is 4.69. The van der Waals surface area contributed by atoms with E-state index in [-0.39, 0.29) is 29.9 Å². The maximum atomic E-state index is 13.1. The van der Waals surface area contributed by atoms with Gasteiger partial charge in [0.15, 0.2) is 6.61 Å². The number of carbonyl (C=O) groups excluding carboxylic acids is 1. The predicted octanol–water partition coefficient (Wildman–Crippen LogP) is 3.27. The van der Waals surface area contributed by atoms with Crippen molar-refractivity contribution in [2.24, 2.45) is 5.92 Å². The number of hydrogen-bond donors (Lipinski definition) is 1. The molecule has 0 bridgehead atoms. The molecule has 1 N–H and O–H groups in total. The second-order valence-electron chi connectivity index (χ2n) is 6.37. The first-order chi connectivity index (χ1) is 11.1. The second-order valence-corrected chi connectivity index (χ2v) is 6.78. The lowest BCUT2D eigenvalue weighted by atomic mass is 10.0. The van der Waals surface area contributed by atoms with E-state index in [1.54, 1.807) is 0 Å². The van der Waals surface area contributed by atoms with Gasteiger partial charge in [-0.1, -0.05) is 11.6 Å². The quantitative estimate of drug-likeness (QED) is 0.828. The summed E-state index contributed by atoms with van der Waals surface area (Å²) in [7, 11) is 0. The topological polar surface area (TPSA) is 41.6 Å². The predicted molar refractivity (Wildman–Crippen MR) is 94.5 cm³/mol. The maximum Gasteiger partial charge on any atom is 0.260 e. The number of benzene rings is 1. The van der Waals surface area contributed by atoms with Crippen LogP contribution in [0.25, 0.3) is 0 Å². The summed E-state index contributed by atoms with van der Waals surface area (Å²) in [5.74, 6) is 0.758. The zero-order valence-electron chi connectivity index (χ0n) is 13.5. The molecule has 1 heterocycles. The molecule has 24 heavy (non-hydrogen) atoms. The molecular formula is C17H23Cl2FN2O2. The minimum Gasteiger partial charge on any atom is -0.484 e. The SMILES string of the molecule is Cl.O=C(COc1ccc(F)c(Cl)c1)N1CCC(NCC2CC2)CC1. The Morgan fingerprint density at radius 3 is 2.62 bits per heavy atom. The van der Waals surface area contributed by atoms with Crippen molar-refractivity contribution in [1.29, 1.82) is 0 Å². The van der Waals surface area contributed by atoms with Crippen molar-refractivity contribution >= 4 is 29.9 Å². The first-order valence-electron chi connectivity index (χ1n) is 8.21. The second kappa shape index (κ2) is 8.88. The van der Waals surface area contributed by atoms with Crippen molar-refractivity contribution in [2.45, 2.75) is 31.7 Å². The summed E-state index contributed by atoms with van der Waals surface area (Å²) in [5.41, 5.74) is 0. The molecule has 0 unspecified atom stereocenters. The highest BCUT2D eigenvalue weighted by atomic mass is 35.5.